The monoisotopic (exact) mass is 260 g/mol. The molecule has 2 N–H and O–H groups in total. The Hall–Kier alpha value is -0.290. The predicted octanol–water partition coefficient (Wildman–Crippen LogP) is 1.65. The smallest absolute Gasteiger partial charge is 0.223 e. The van der Waals surface area contributed by atoms with Crippen LogP contribution in [-0.2, 0) is 4.79 Å². The maximum absolute atomic E-state index is 11.8. The molecule has 0 saturated carbocycles. The van der Waals surface area contributed by atoms with Crippen LogP contribution in [0.2, 0.25) is 0 Å². The highest BCUT2D eigenvalue weighted by Crippen LogP contribution is 2.31. The first-order valence-electron chi connectivity index (χ1n) is 5.56. The molecule has 5 heteroatoms. The van der Waals surface area contributed by atoms with Gasteiger partial charge in [0.2, 0.25) is 5.91 Å². The molecule has 0 unspecified atom stereocenters. The zero-order valence-electron chi connectivity index (χ0n) is 9.99. The number of hydrogen-bond donors (Lipinski definition) is 1. The van der Waals surface area contributed by atoms with Crippen LogP contribution in [0.5, 0.6) is 0 Å². The van der Waals surface area contributed by atoms with Crippen LogP contribution in [0.25, 0.3) is 0 Å². The van der Waals surface area contributed by atoms with E-state index in [1.54, 1.807) is 11.8 Å². The van der Waals surface area contributed by atoms with Gasteiger partial charge in [-0.25, -0.2) is 0 Å². The number of nitrogens with two attached hydrogens (primary N) is 1. The summed E-state index contributed by atoms with van der Waals surface area (Å²) in [6.45, 7) is 3.68. The summed E-state index contributed by atoms with van der Waals surface area (Å²) in [6.07, 6.45) is 4.46. The number of nitrogens with zero attached hydrogens (tertiary/aromatic N) is 1. The summed E-state index contributed by atoms with van der Waals surface area (Å²) in [5.41, 5.74) is 5.68. The molecule has 3 nitrogen and oxygen atoms in total. The first kappa shape index (κ1) is 13.8. The third-order valence-corrected chi connectivity index (χ3v) is 4.44. The number of thiocarbonyl (C=S) groups is 1. The normalized spacial score (nSPS) is 19.5. The van der Waals surface area contributed by atoms with E-state index >= 15 is 0 Å². The van der Waals surface area contributed by atoms with E-state index in [0.29, 0.717) is 11.4 Å². The Morgan fingerprint density at radius 2 is 2.06 bits per heavy atom. The lowest BCUT2D eigenvalue weighted by molar-refractivity contribution is -0.132. The molecule has 0 aliphatic carbocycles. The summed E-state index contributed by atoms with van der Waals surface area (Å²) in [5.74, 6) is 1.17. The number of amides is 1. The molecule has 1 amide bonds. The topological polar surface area (TPSA) is 46.3 Å². The number of carbonyl (C=O) groups is 1. The summed E-state index contributed by atoms with van der Waals surface area (Å²) in [4.78, 5) is 14.3. The van der Waals surface area contributed by atoms with E-state index in [2.05, 4.69) is 6.92 Å². The largest absolute Gasteiger partial charge is 0.393 e. The molecule has 0 aromatic carbocycles. The van der Waals surface area contributed by atoms with Gasteiger partial charge in [0.1, 0.15) is 0 Å². The second-order valence-corrected chi connectivity index (χ2v) is 5.97. The fourth-order valence-electron chi connectivity index (χ4n) is 1.84. The second kappa shape index (κ2) is 5.87. The van der Waals surface area contributed by atoms with Crippen LogP contribution >= 0.6 is 24.0 Å². The van der Waals surface area contributed by atoms with E-state index < -0.39 is 0 Å². The minimum Gasteiger partial charge on any atom is -0.393 e. The van der Waals surface area contributed by atoms with Crippen LogP contribution in [0.15, 0.2) is 0 Å². The van der Waals surface area contributed by atoms with Gasteiger partial charge in [-0.2, -0.15) is 11.8 Å². The molecule has 0 atom stereocenters. The standard InChI is InChI=1S/C11H20N2OS2/c1-11(10(12)15)4-6-13(7-5-11)9(14)3-8-16-2/h3-8H2,1-2H3,(H2,12,15). The number of hydrogen-bond acceptors (Lipinski definition) is 3. The highest BCUT2D eigenvalue weighted by atomic mass is 32.2. The third-order valence-electron chi connectivity index (χ3n) is 3.33. The predicted molar refractivity (Wildman–Crippen MR) is 73.7 cm³/mol. The Bertz CT molecular complexity index is 273. The minimum absolute atomic E-state index is 0.0500. The van der Waals surface area contributed by atoms with Crippen LogP contribution < -0.4 is 5.73 Å². The molecule has 16 heavy (non-hydrogen) atoms. The average Bonchev–Trinajstić information content (AvgIpc) is 2.26. The Labute approximate surface area is 107 Å². The van der Waals surface area contributed by atoms with Crippen LogP contribution in [0.3, 0.4) is 0 Å². The maximum Gasteiger partial charge on any atom is 0.223 e. The SMILES string of the molecule is CSCCC(=O)N1CCC(C)(C(N)=S)CC1. The van der Waals surface area contributed by atoms with Gasteiger partial charge < -0.3 is 10.6 Å². The molecule has 0 radical (unpaired) electrons. The highest BCUT2D eigenvalue weighted by Gasteiger charge is 2.33. The van der Waals surface area contributed by atoms with E-state index in [-0.39, 0.29) is 11.3 Å². The number of thioether (sulfide) groups is 1. The molecule has 1 saturated heterocycles. The van der Waals surface area contributed by atoms with Crippen molar-refractivity contribution in [3.05, 3.63) is 0 Å². The number of piperidine rings is 1. The van der Waals surface area contributed by atoms with Gasteiger partial charge in [-0.1, -0.05) is 19.1 Å². The van der Waals surface area contributed by atoms with Crippen molar-refractivity contribution in [2.75, 3.05) is 25.1 Å². The molecule has 1 heterocycles. The summed E-state index contributed by atoms with van der Waals surface area (Å²) < 4.78 is 0. The van der Waals surface area contributed by atoms with Crippen molar-refractivity contribution in [3.8, 4) is 0 Å². The van der Waals surface area contributed by atoms with Gasteiger partial charge in [0, 0.05) is 30.7 Å². The zero-order chi connectivity index (χ0) is 12.2. The lowest BCUT2D eigenvalue weighted by Crippen LogP contribution is -2.46. The van der Waals surface area contributed by atoms with Crippen molar-refractivity contribution in [2.24, 2.45) is 11.1 Å². The van der Waals surface area contributed by atoms with Gasteiger partial charge >= 0.3 is 0 Å². The first-order chi connectivity index (χ1) is 7.49. The molecule has 0 aromatic heterocycles. The molecular weight excluding hydrogens is 240 g/mol. The molecule has 1 aliphatic heterocycles. The number of carbonyl (C=O) groups excluding carboxylic acids is 1. The van der Waals surface area contributed by atoms with Crippen LogP contribution in [0.4, 0.5) is 0 Å². The molecule has 0 aromatic rings. The van der Waals surface area contributed by atoms with Crippen molar-refractivity contribution in [3.63, 3.8) is 0 Å². The molecule has 1 aliphatic rings. The van der Waals surface area contributed by atoms with Crippen molar-refractivity contribution >= 4 is 34.9 Å². The Kier molecular flexibility index (Phi) is 5.05. The van der Waals surface area contributed by atoms with Gasteiger partial charge in [0.15, 0.2) is 0 Å². The van der Waals surface area contributed by atoms with Gasteiger partial charge in [-0.3, -0.25) is 4.79 Å². The fraction of sp³-hybridized carbons (Fsp3) is 0.818. The molecule has 1 fully saturated rings. The third kappa shape index (κ3) is 3.35. The molecule has 0 spiro atoms. The van der Waals surface area contributed by atoms with Gasteiger partial charge in [-0.05, 0) is 19.1 Å². The van der Waals surface area contributed by atoms with Crippen molar-refractivity contribution in [2.45, 2.75) is 26.2 Å². The Balaban J connectivity index is 2.42. The van der Waals surface area contributed by atoms with Crippen LogP contribution in [0.1, 0.15) is 26.2 Å². The highest BCUT2D eigenvalue weighted by molar-refractivity contribution is 7.98. The van der Waals surface area contributed by atoms with Crippen LogP contribution in [-0.4, -0.2) is 40.9 Å². The molecule has 1 rings (SSSR count). The van der Waals surface area contributed by atoms with E-state index in [4.69, 9.17) is 18.0 Å². The fourth-order valence-corrected chi connectivity index (χ4v) is 2.43. The zero-order valence-corrected chi connectivity index (χ0v) is 11.6. The lowest BCUT2D eigenvalue weighted by atomic mass is 9.80. The average molecular weight is 260 g/mol. The lowest BCUT2D eigenvalue weighted by Gasteiger charge is -2.38. The van der Waals surface area contributed by atoms with Crippen molar-refractivity contribution in [1.29, 1.82) is 0 Å². The first-order valence-corrected chi connectivity index (χ1v) is 7.36. The Morgan fingerprint density at radius 3 is 2.50 bits per heavy atom. The number of rotatable bonds is 4. The minimum atomic E-state index is -0.0500. The van der Waals surface area contributed by atoms with Crippen LogP contribution in [0, 0.1) is 5.41 Å². The summed E-state index contributed by atoms with van der Waals surface area (Å²) in [5, 5.41) is 0. The Morgan fingerprint density at radius 1 is 1.50 bits per heavy atom. The summed E-state index contributed by atoms with van der Waals surface area (Å²) in [7, 11) is 0. The molecule has 92 valence electrons. The van der Waals surface area contributed by atoms with Crippen molar-refractivity contribution < 1.29 is 4.79 Å². The van der Waals surface area contributed by atoms with Crippen molar-refractivity contribution in [1.82, 2.24) is 4.90 Å². The second-order valence-electron chi connectivity index (χ2n) is 4.55. The summed E-state index contributed by atoms with van der Waals surface area (Å²) in [6, 6.07) is 0. The van der Waals surface area contributed by atoms with E-state index in [0.717, 1.165) is 31.7 Å². The van der Waals surface area contributed by atoms with E-state index in [9.17, 15) is 4.79 Å². The molecule has 0 bridgehead atoms. The molecular formula is C11H20N2OS2. The van der Waals surface area contributed by atoms with E-state index in [1.807, 2.05) is 11.2 Å². The van der Waals surface area contributed by atoms with Gasteiger partial charge in [0.05, 0.1) is 4.99 Å². The summed E-state index contributed by atoms with van der Waals surface area (Å²) >= 11 is 6.78. The quantitative estimate of drug-likeness (QED) is 0.781. The maximum atomic E-state index is 11.8. The number of likely N-dealkylation sites (tertiary alicyclic amines) is 1. The van der Waals surface area contributed by atoms with Gasteiger partial charge in [-0.15, -0.1) is 0 Å². The van der Waals surface area contributed by atoms with Gasteiger partial charge in [0.25, 0.3) is 0 Å². The van der Waals surface area contributed by atoms with E-state index in [1.165, 1.54) is 0 Å².